The van der Waals surface area contributed by atoms with E-state index in [1.54, 1.807) is 0 Å². The van der Waals surface area contributed by atoms with Crippen molar-refractivity contribution in [3.8, 4) is 0 Å². The molecular formula is C24H24. The van der Waals surface area contributed by atoms with Gasteiger partial charge in [0.25, 0.3) is 0 Å². The van der Waals surface area contributed by atoms with Crippen LogP contribution in [0.2, 0.25) is 0 Å². The van der Waals surface area contributed by atoms with Crippen LogP contribution in [0.15, 0.2) is 47.5 Å². The third-order valence-corrected chi connectivity index (χ3v) is 5.53. The van der Waals surface area contributed by atoms with Gasteiger partial charge in [-0.3, -0.25) is 0 Å². The third kappa shape index (κ3) is 2.36. The van der Waals surface area contributed by atoms with Crippen LogP contribution < -0.4 is 0 Å². The maximum Gasteiger partial charge on any atom is 0.0164 e. The number of hydrogen-bond donors (Lipinski definition) is 0. The number of hydrogen-bond acceptors (Lipinski definition) is 0. The molecule has 0 bridgehead atoms. The molecule has 0 aliphatic heterocycles. The average Bonchev–Trinajstić information content (AvgIpc) is 3.03. The van der Waals surface area contributed by atoms with Crippen molar-refractivity contribution >= 4 is 11.1 Å². The highest BCUT2D eigenvalue weighted by Crippen LogP contribution is 2.43. The highest BCUT2D eigenvalue weighted by atomic mass is 14.3. The SMILES string of the molecule is CC1=C(CCC2=C(C)[CH]c3cccc(C)c32)c2c(C)cccc2[CH]1. The van der Waals surface area contributed by atoms with Gasteiger partial charge in [0, 0.05) is 12.8 Å². The monoisotopic (exact) mass is 312 g/mol. The molecule has 2 aliphatic carbocycles. The van der Waals surface area contributed by atoms with Crippen molar-refractivity contribution in [1.29, 1.82) is 0 Å². The summed E-state index contributed by atoms with van der Waals surface area (Å²) >= 11 is 0. The van der Waals surface area contributed by atoms with Gasteiger partial charge in [-0.15, -0.1) is 0 Å². The molecule has 0 saturated heterocycles. The van der Waals surface area contributed by atoms with Crippen LogP contribution in [0.5, 0.6) is 0 Å². The van der Waals surface area contributed by atoms with Gasteiger partial charge in [-0.25, -0.2) is 0 Å². The van der Waals surface area contributed by atoms with E-state index in [0.29, 0.717) is 0 Å². The van der Waals surface area contributed by atoms with Crippen molar-refractivity contribution < 1.29 is 0 Å². The molecule has 0 saturated carbocycles. The minimum atomic E-state index is 1.12. The molecule has 2 aromatic rings. The van der Waals surface area contributed by atoms with Crippen LogP contribution in [-0.2, 0) is 0 Å². The van der Waals surface area contributed by atoms with Gasteiger partial charge in [-0.2, -0.15) is 0 Å². The van der Waals surface area contributed by atoms with Gasteiger partial charge in [0.15, 0.2) is 0 Å². The van der Waals surface area contributed by atoms with Crippen molar-refractivity contribution in [2.75, 3.05) is 0 Å². The Morgan fingerprint density at radius 2 is 1.00 bits per heavy atom. The first-order valence-corrected chi connectivity index (χ1v) is 8.85. The molecule has 0 aromatic heterocycles. The summed E-state index contributed by atoms with van der Waals surface area (Å²) in [6.45, 7) is 8.99. The van der Waals surface area contributed by atoms with E-state index in [4.69, 9.17) is 0 Å². The highest BCUT2D eigenvalue weighted by molar-refractivity contribution is 5.86. The first-order chi connectivity index (χ1) is 11.6. The summed E-state index contributed by atoms with van der Waals surface area (Å²) in [6, 6.07) is 13.3. The summed E-state index contributed by atoms with van der Waals surface area (Å²) in [6.07, 6.45) is 6.93. The summed E-state index contributed by atoms with van der Waals surface area (Å²) in [4.78, 5) is 0. The van der Waals surface area contributed by atoms with Gasteiger partial charge in [0.05, 0.1) is 0 Å². The molecule has 0 unspecified atom stereocenters. The fourth-order valence-electron chi connectivity index (χ4n) is 4.38. The summed E-state index contributed by atoms with van der Waals surface area (Å²) in [7, 11) is 0. The number of rotatable bonds is 3. The molecule has 2 radical (unpaired) electrons. The number of fused-ring (bicyclic) bond motifs is 2. The van der Waals surface area contributed by atoms with Crippen LogP contribution in [0.4, 0.5) is 0 Å². The van der Waals surface area contributed by atoms with E-state index in [1.807, 2.05) is 0 Å². The maximum atomic E-state index is 2.35. The summed E-state index contributed by atoms with van der Waals surface area (Å²) in [5, 5.41) is 0. The molecule has 2 aliphatic rings. The molecule has 2 aromatic carbocycles. The topological polar surface area (TPSA) is 0 Å². The van der Waals surface area contributed by atoms with Crippen LogP contribution in [0.25, 0.3) is 11.1 Å². The summed E-state index contributed by atoms with van der Waals surface area (Å²) < 4.78 is 0. The second-order valence-corrected chi connectivity index (χ2v) is 7.19. The second-order valence-electron chi connectivity index (χ2n) is 7.19. The molecule has 0 heteroatoms. The molecule has 4 rings (SSSR count). The van der Waals surface area contributed by atoms with Crippen molar-refractivity contribution in [3.05, 3.63) is 93.8 Å². The van der Waals surface area contributed by atoms with Crippen molar-refractivity contribution in [3.63, 3.8) is 0 Å². The normalized spacial score (nSPS) is 16.0. The van der Waals surface area contributed by atoms with Gasteiger partial charge in [-0.1, -0.05) is 47.5 Å². The maximum absolute atomic E-state index is 2.35. The Bertz CT molecular complexity index is 815. The lowest BCUT2D eigenvalue weighted by Crippen LogP contribution is -1.93. The van der Waals surface area contributed by atoms with E-state index < -0.39 is 0 Å². The fourth-order valence-corrected chi connectivity index (χ4v) is 4.38. The Kier molecular flexibility index (Phi) is 3.72. The van der Waals surface area contributed by atoms with Gasteiger partial charge in [0.1, 0.15) is 0 Å². The molecule has 0 N–H and O–H groups in total. The van der Waals surface area contributed by atoms with E-state index in [0.717, 1.165) is 12.8 Å². The Balaban J connectivity index is 1.64. The molecule has 0 nitrogen and oxygen atoms in total. The van der Waals surface area contributed by atoms with Crippen LogP contribution >= 0.6 is 0 Å². The zero-order chi connectivity index (χ0) is 16.8. The third-order valence-electron chi connectivity index (χ3n) is 5.53. The predicted molar refractivity (Wildman–Crippen MR) is 104 cm³/mol. The lowest BCUT2D eigenvalue weighted by atomic mass is 9.91. The van der Waals surface area contributed by atoms with E-state index in [-0.39, 0.29) is 0 Å². The van der Waals surface area contributed by atoms with Crippen LogP contribution in [0.3, 0.4) is 0 Å². The number of aryl methyl sites for hydroxylation is 2. The van der Waals surface area contributed by atoms with Gasteiger partial charge >= 0.3 is 0 Å². The van der Waals surface area contributed by atoms with Crippen LogP contribution in [0.1, 0.15) is 60.1 Å². The quantitative estimate of drug-likeness (QED) is 0.610. The second kappa shape index (κ2) is 5.77. The van der Waals surface area contributed by atoms with Crippen LogP contribution in [0, 0.1) is 26.7 Å². The molecule has 0 spiro atoms. The van der Waals surface area contributed by atoms with Crippen molar-refractivity contribution in [2.45, 2.75) is 40.5 Å². The Hall–Kier alpha value is -2.08. The highest BCUT2D eigenvalue weighted by Gasteiger charge is 2.24. The zero-order valence-electron chi connectivity index (χ0n) is 15.0. The summed E-state index contributed by atoms with van der Waals surface area (Å²) in [5.74, 6) is 0. The molecule has 0 heterocycles. The molecule has 120 valence electrons. The minimum absolute atomic E-state index is 1.12. The number of benzene rings is 2. The van der Waals surface area contributed by atoms with Crippen molar-refractivity contribution in [1.82, 2.24) is 0 Å². The average molecular weight is 312 g/mol. The number of allylic oxidation sites excluding steroid dienone is 4. The van der Waals surface area contributed by atoms with Gasteiger partial charge < -0.3 is 0 Å². The lowest BCUT2D eigenvalue weighted by molar-refractivity contribution is 1.07. The van der Waals surface area contributed by atoms with E-state index in [1.165, 1.54) is 55.7 Å². The molecular weight excluding hydrogens is 288 g/mol. The lowest BCUT2D eigenvalue weighted by Gasteiger charge is -2.13. The molecule has 24 heavy (non-hydrogen) atoms. The van der Waals surface area contributed by atoms with E-state index >= 15 is 0 Å². The zero-order valence-corrected chi connectivity index (χ0v) is 15.0. The molecule has 0 amide bonds. The first kappa shape index (κ1) is 15.4. The summed E-state index contributed by atoms with van der Waals surface area (Å²) in [5.41, 5.74) is 14.5. The fraction of sp³-hybridized carbons (Fsp3) is 0.250. The Morgan fingerprint density at radius 1 is 0.583 bits per heavy atom. The molecule has 0 fully saturated rings. The van der Waals surface area contributed by atoms with Gasteiger partial charge in [0.2, 0.25) is 0 Å². The van der Waals surface area contributed by atoms with Gasteiger partial charge in [-0.05, 0) is 85.1 Å². The van der Waals surface area contributed by atoms with E-state index in [9.17, 15) is 0 Å². The standard InChI is InChI=1S/C24H24/c1-15-7-5-9-19-13-17(3)21(23(15)19)11-12-22-18(4)14-20-10-6-8-16(2)24(20)22/h5-10,13-14H,11-12H2,1-4H3. The first-order valence-electron chi connectivity index (χ1n) is 8.85. The smallest absolute Gasteiger partial charge is 0.0164 e. The van der Waals surface area contributed by atoms with Crippen molar-refractivity contribution in [2.24, 2.45) is 0 Å². The minimum Gasteiger partial charge on any atom is -0.0617 e. The van der Waals surface area contributed by atoms with Crippen LogP contribution in [-0.4, -0.2) is 0 Å². The molecule has 0 atom stereocenters. The predicted octanol–water partition coefficient (Wildman–Crippen LogP) is 6.46. The van der Waals surface area contributed by atoms with E-state index in [2.05, 4.69) is 76.9 Å². The largest absolute Gasteiger partial charge is 0.0617 e. The Morgan fingerprint density at radius 3 is 1.42 bits per heavy atom. The Labute approximate surface area is 145 Å².